The van der Waals surface area contributed by atoms with Gasteiger partial charge >= 0.3 is 0 Å². The minimum absolute atomic E-state index is 0.0120. The molecule has 0 spiro atoms. The molecule has 0 saturated carbocycles. The summed E-state index contributed by atoms with van der Waals surface area (Å²) in [7, 11) is 0. The third-order valence-corrected chi connectivity index (χ3v) is 2.40. The smallest absolute Gasteiger partial charge is 0.297 e. The Kier molecular flexibility index (Phi) is 4.07. The Hall–Kier alpha value is -2.44. The van der Waals surface area contributed by atoms with Crippen molar-refractivity contribution in [1.82, 2.24) is 20.6 Å². The number of tetrazole rings is 1. The molecule has 1 aromatic heterocycles. The molecule has 2 N–H and O–H groups in total. The van der Waals surface area contributed by atoms with E-state index in [1.165, 1.54) is 0 Å². The molecule has 0 unspecified atom stereocenters. The van der Waals surface area contributed by atoms with E-state index in [2.05, 4.69) is 25.9 Å². The first-order valence-corrected chi connectivity index (χ1v) is 5.99. The molecule has 7 heteroatoms. The number of aromatic nitrogens is 4. The van der Waals surface area contributed by atoms with E-state index in [9.17, 15) is 4.79 Å². The van der Waals surface area contributed by atoms with Gasteiger partial charge in [0.1, 0.15) is 5.75 Å². The minimum Gasteiger partial charge on any atom is -0.491 e. The summed E-state index contributed by atoms with van der Waals surface area (Å²) in [6.45, 7) is 4.57. The molecule has 0 atom stereocenters. The topological polar surface area (TPSA) is 92.8 Å². The SMILES string of the molecule is CCCOc1cc(C)ccc1NC(=O)c1nn[nH]n1. The van der Waals surface area contributed by atoms with Crippen molar-refractivity contribution >= 4 is 11.6 Å². The third-order valence-electron chi connectivity index (χ3n) is 2.40. The lowest BCUT2D eigenvalue weighted by Gasteiger charge is -2.12. The fourth-order valence-electron chi connectivity index (χ4n) is 1.50. The van der Waals surface area contributed by atoms with E-state index in [0.29, 0.717) is 18.0 Å². The Morgan fingerprint density at radius 2 is 2.32 bits per heavy atom. The second-order valence-electron chi connectivity index (χ2n) is 4.04. The van der Waals surface area contributed by atoms with Crippen LogP contribution in [0.1, 0.15) is 29.5 Å². The van der Waals surface area contributed by atoms with Crippen molar-refractivity contribution in [3.8, 4) is 5.75 Å². The minimum atomic E-state index is -0.432. The highest BCUT2D eigenvalue weighted by atomic mass is 16.5. The molecule has 2 rings (SSSR count). The normalized spacial score (nSPS) is 10.2. The summed E-state index contributed by atoms with van der Waals surface area (Å²) in [6, 6.07) is 5.56. The fraction of sp³-hybridized carbons (Fsp3) is 0.333. The summed E-state index contributed by atoms with van der Waals surface area (Å²) >= 11 is 0. The molecule has 19 heavy (non-hydrogen) atoms. The van der Waals surface area contributed by atoms with E-state index < -0.39 is 5.91 Å². The number of hydrogen-bond acceptors (Lipinski definition) is 5. The van der Waals surface area contributed by atoms with Gasteiger partial charge in [0.2, 0.25) is 0 Å². The quantitative estimate of drug-likeness (QED) is 0.851. The molecule has 2 aromatic rings. The number of ether oxygens (including phenoxy) is 1. The second kappa shape index (κ2) is 5.94. The predicted molar refractivity (Wildman–Crippen MR) is 69.1 cm³/mol. The van der Waals surface area contributed by atoms with Gasteiger partial charge in [-0.05, 0) is 36.3 Å². The maximum absolute atomic E-state index is 11.8. The zero-order valence-corrected chi connectivity index (χ0v) is 10.8. The van der Waals surface area contributed by atoms with Crippen molar-refractivity contribution in [3.05, 3.63) is 29.6 Å². The first kappa shape index (κ1) is 13.0. The van der Waals surface area contributed by atoms with Crippen LogP contribution in [0.3, 0.4) is 0 Å². The van der Waals surface area contributed by atoms with Crippen molar-refractivity contribution in [3.63, 3.8) is 0 Å². The maximum Gasteiger partial charge on any atom is 0.297 e. The molecular formula is C12H15N5O2. The zero-order valence-electron chi connectivity index (χ0n) is 10.8. The lowest BCUT2D eigenvalue weighted by Crippen LogP contribution is -2.15. The molecule has 0 bridgehead atoms. The Bertz CT molecular complexity index is 553. The lowest BCUT2D eigenvalue weighted by molar-refractivity contribution is 0.101. The monoisotopic (exact) mass is 261 g/mol. The van der Waals surface area contributed by atoms with Gasteiger partial charge in [-0.1, -0.05) is 13.0 Å². The van der Waals surface area contributed by atoms with E-state index >= 15 is 0 Å². The Labute approximate surface area is 110 Å². The largest absolute Gasteiger partial charge is 0.491 e. The van der Waals surface area contributed by atoms with Crippen LogP contribution in [0.25, 0.3) is 0 Å². The molecule has 7 nitrogen and oxygen atoms in total. The number of hydrogen-bond donors (Lipinski definition) is 2. The van der Waals surface area contributed by atoms with Gasteiger partial charge in [-0.2, -0.15) is 5.21 Å². The number of anilines is 1. The highest BCUT2D eigenvalue weighted by Gasteiger charge is 2.13. The number of nitrogens with one attached hydrogen (secondary N) is 2. The summed E-state index contributed by atoms with van der Waals surface area (Å²) < 4.78 is 5.61. The molecule has 0 fully saturated rings. The van der Waals surface area contributed by atoms with Crippen LogP contribution in [-0.4, -0.2) is 33.1 Å². The number of rotatable bonds is 5. The number of nitrogens with zero attached hydrogens (tertiary/aromatic N) is 3. The molecule has 1 amide bonds. The van der Waals surface area contributed by atoms with Gasteiger partial charge in [-0.15, -0.1) is 10.2 Å². The number of carbonyl (C=O) groups is 1. The number of benzene rings is 1. The van der Waals surface area contributed by atoms with E-state index in [4.69, 9.17) is 4.74 Å². The molecule has 0 radical (unpaired) electrons. The van der Waals surface area contributed by atoms with Gasteiger partial charge < -0.3 is 10.1 Å². The molecule has 1 aromatic carbocycles. The van der Waals surface area contributed by atoms with Crippen molar-refractivity contribution in [1.29, 1.82) is 0 Å². The van der Waals surface area contributed by atoms with E-state index in [1.807, 2.05) is 26.0 Å². The maximum atomic E-state index is 11.8. The van der Waals surface area contributed by atoms with Gasteiger partial charge in [-0.25, -0.2) is 0 Å². The van der Waals surface area contributed by atoms with Gasteiger partial charge in [0.15, 0.2) is 0 Å². The molecule has 0 aliphatic carbocycles. The average Bonchev–Trinajstić information content (AvgIpc) is 2.93. The van der Waals surface area contributed by atoms with Crippen molar-refractivity contribution < 1.29 is 9.53 Å². The van der Waals surface area contributed by atoms with Crippen LogP contribution < -0.4 is 10.1 Å². The number of aryl methyl sites for hydroxylation is 1. The first-order valence-electron chi connectivity index (χ1n) is 5.99. The first-order chi connectivity index (χ1) is 9.20. The van der Waals surface area contributed by atoms with Gasteiger partial charge in [0.05, 0.1) is 12.3 Å². The van der Waals surface area contributed by atoms with Crippen LogP contribution in [0.5, 0.6) is 5.75 Å². The number of amides is 1. The van der Waals surface area contributed by atoms with E-state index in [-0.39, 0.29) is 5.82 Å². The van der Waals surface area contributed by atoms with E-state index in [0.717, 1.165) is 12.0 Å². The molecule has 100 valence electrons. The van der Waals surface area contributed by atoms with Crippen LogP contribution in [0.4, 0.5) is 5.69 Å². The highest BCUT2D eigenvalue weighted by Crippen LogP contribution is 2.26. The van der Waals surface area contributed by atoms with Gasteiger partial charge in [-0.3, -0.25) is 4.79 Å². The van der Waals surface area contributed by atoms with Crippen LogP contribution >= 0.6 is 0 Å². The predicted octanol–water partition coefficient (Wildman–Crippen LogP) is 1.55. The Morgan fingerprint density at radius 3 is 3.00 bits per heavy atom. The number of H-pyrrole nitrogens is 1. The van der Waals surface area contributed by atoms with Crippen molar-refractivity contribution in [2.75, 3.05) is 11.9 Å². The molecule has 0 saturated heterocycles. The molecule has 1 heterocycles. The van der Waals surface area contributed by atoms with Crippen LogP contribution in [0, 0.1) is 6.92 Å². The third kappa shape index (κ3) is 3.27. The van der Waals surface area contributed by atoms with Crippen molar-refractivity contribution in [2.45, 2.75) is 20.3 Å². The number of aromatic amines is 1. The van der Waals surface area contributed by atoms with Gasteiger partial charge in [0, 0.05) is 0 Å². The average molecular weight is 261 g/mol. The lowest BCUT2D eigenvalue weighted by atomic mass is 10.2. The summed E-state index contributed by atoms with van der Waals surface area (Å²) in [6.07, 6.45) is 0.895. The Balaban J connectivity index is 2.17. The summed E-state index contributed by atoms with van der Waals surface area (Å²) in [5.41, 5.74) is 1.65. The number of carbonyl (C=O) groups excluding carboxylic acids is 1. The summed E-state index contributed by atoms with van der Waals surface area (Å²) in [5.74, 6) is 0.194. The van der Waals surface area contributed by atoms with Crippen molar-refractivity contribution in [2.24, 2.45) is 0 Å². The standard InChI is InChI=1S/C12H15N5O2/c1-3-6-19-10-7-8(2)4-5-9(10)13-12(18)11-14-16-17-15-11/h4-5,7H,3,6H2,1-2H3,(H,13,18)(H,14,15,16,17). The van der Waals surface area contributed by atoms with Crippen LogP contribution in [0.2, 0.25) is 0 Å². The molecule has 0 aliphatic rings. The van der Waals surface area contributed by atoms with Crippen LogP contribution in [0.15, 0.2) is 18.2 Å². The molecular weight excluding hydrogens is 246 g/mol. The summed E-state index contributed by atoms with van der Waals surface area (Å²) in [4.78, 5) is 11.8. The van der Waals surface area contributed by atoms with Gasteiger partial charge in [0.25, 0.3) is 11.7 Å². The zero-order chi connectivity index (χ0) is 13.7. The van der Waals surface area contributed by atoms with Crippen LogP contribution in [-0.2, 0) is 0 Å². The highest BCUT2D eigenvalue weighted by molar-refractivity contribution is 6.02. The summed E-state index contributed by atoms with van der Waals surface area (Å²) in [5, 5.41) is 15.5. The second-order valence-corrected chi connectivity index (χ2v) is 4.04. The fourth-order valence-corrected chi connectivity index (χ4v) is 1.50. The molecule has 0 aliphatic heterocycles. The van der Waals surface area contributed by atoms with E-state index in [1.54, 1.807) is 6.07 Å². The Morgan fingerprint density at radius 1 is 1.47 bits per heavy atom.